The first-order valence-electron chi connectivity index (χ1n) is 8.16. The average molecular weight is 350 g/mol. The van der Waals surface area contributed by atoms with E-state index >= 15 is 0 Å². The van der Waals surface area contributed by atoms with E-state index in [0.29, 0.717) is 17.1 Å². The van der Waals surface area contributed by atoms with Gasteiger partial charge >= 0.3 is 5.97 Å². The van der Waals surface area contributed by atoms with Crippen LogP contribution in [0.4, 0.5) is 0 Å². The molecular weight excluding hydrogens is 324 g/mol. The number of unbranched alkanes of at least 4 members (excludes halogenated alkanes) is 3. The molecule has 0 aliphatic rings. The molecule has 0 atom stereocenters. The van der Waals surface area contributed by atoms with Gasteiger partial charge in [0.25, 0.3) is 0 Å². The van der Waals surface area contributed by atoms with Crippen LogP contribution in [0.3, 0.4) is 0 Å². The zero-order valence-electron chi connectivity index (χ0n) is 15.3. The van der Waals surface area contributed by atoms with E-state index in [2.05, 4.69) is 18.8 Å². The Morgan fingerprint density at radius 1 is 1.04 bits per heavy atom. The van der Waals surface area contributed by atoms with Crippen LogP contribution < -0.4 is 9.47 Å². The lowest BCUT2D eigenvalue weighted by Gasteiger charge is -2.14. The zero-order chi connectivity index (χ0) is 18.5. The molecular formula is C19H26O6. The number of methoxy groups -OCH3 is 3. The second kappa shape index (κ2) is 12.2. The van der Waals surface area contributed by atoms with Gasteiger partial charge in [-0.1, -0.05) is 31.6 Å². The summed E-state index contributed by atoms with van der Waals surface area (Å²) in [6, 6.07) is 3.27. The molecule has 6 nitrogen and oxygen atoms in total. The van der Waals surface area contributed by atoms with Crippen LogP contribution >= 0.6 is 0 Å². The monoisotopic (exact) mass is 350 g/mol. The third-order valence-corrected chi connectivity index (χ3v) is 3.27. The van der Waals surface area contributed by atoms with Gasteiger partial charge in [0, 0.05) is 32.3 Å². The molecule has 0 fully saturated rings. The Labute approximate surface area is 149 Å². The molecule has 0 unspecified atom stereocenters. The highest BCUT2D eigenvalue weighted by molar-refractivity contribution is 5.95. The predicted octanol–water partition coefficient (Wildman–Crippen LogP) is 3.37. The topological polar surface area (TPSA) is 63.2 Å². The van der Waals surface area contributed by atoms with Crippen molar-refractivity contribution in [1.82, 2.24) is 0 Å². The standard InChI is InChI=1S/C19H26O6/c1-5-6-7-8-9-10-15-11-16(24-13-21-2)12-17(25-14-22-3)18(15)19(20)23-4/h11-12H,5-8,13-14H2,1-4H3. The van der Waals surface area contributed by atoms with Gasteiger partial charge in [-0.2, -0.15) is 0 Å². The largest absolute Gasteiger partial charge is 0.467 e. The molecule has 0 amide bonds. The molecule has 0 radical (unpaired) electrons. The van der Waals surface area contributed by atoms with Gasteiger partial charge < -0.3 is 23.7 Å². The minimum atomic E-state index is -0.526. The quantitative estimate of drug-likeness (QED) is 0.279. The first-order valence-corrected chi connectivity index (χ1v) is 8.16. The number of hydrogen-bond donors (Lipinski definition) is 0. The van der Waals surface area contributed by atoms with Gasteiger partial charge in [-0.15, -0.1) is 0 Å². The minimum Gasteiger partial charge on any atom is -0.467 e. The maximum atomic E-state index is 12.2. The lowest BCUT2D eigenvalue weighted by molar-refractivity contribution is 0.0434. The fraction of sp³-hybridized carbons (Fsp3) is 0.526. The van der Waals surface area contributed by atoms with Crippen molar-refractivity contribution in [2.75, 3.05) is 34.9 Å². The fourth-order valence-electron chi connectivity index (χ4n) is 2.07. The van der Waals surface area contributed by atoms with Crippen LogP contribution in [0.25, 0.3) is 0 Å². The normalized spacial score (nSPS) is 9.92. The molecule has 0 aliphatic heterocycles. The Morgan fingerprint density at radius 3 is 2.40 bits per heavy atom. The Morgan fingerprint density at radius 2 is 1.76 bits per heavy atom. The van der Waals surface area contributed by atoms with Crippen LogP contribution in [0.15, 0.2) is 12.1 Å². The van der Waals surface area contributed by atoms with Crippen LogP contribution in [-0.4, -0.2) is 40.9 Å². The molecule has 1 aromatic rings. The van der Waals surface area contributed by atoms with Gasteiger partial charge in [-0.05, 0) is 12.5 Å². The number of benzene rings is 1. The van der Waals surface area contributed by atoms with Crippen molar-refractivity contribution >= 4 is 5.97 Å². The molecule has 1 aromatic carbocycles. The molecule has 25 heavy (non-hydrogen) atoms. The third-order valence-electron chi connectivity index (χ3n) is 3.27. The minimum absolute atomic E-state index is 0.0128. The van der Waals surface area contributed by atoms with E-state index in [1.165, 1.54) is 21.3 Å². The summed E-state index contributed by atoms with van der Waals surface area (Å²) in [5, 5.41) is 0. The van der Waals surface area contributed by atoms with Gasteiger partial charge in [0.05, 0.1) is 7.11 Å². The van der Waals surface area contributed by atoms with Crippen LogP contribution in [-0.2, 0) is 14.2 Å². The lowest BCUT2D eigenvalue weighted by Crippen LogP contribution is -2.11. The lowest BCUT2D eigenvalue weighted by atomic mass is 10.1. The van der Waals surface area contributed by atoms with Crippen molar-refractivity contribution in [1.29, 1.82) is 0 Å². The summed E-state index contributed by atoms with van der Waals surface area (Å²) in [5.41, 5.74) is 0.746. The number of rotatable bonds is 10. The highest BCUT2D eigenvalue weighted by Gasteiger charge is 2.20. The van der Waals surface area contributed by atoms with E-state index in [-0.39, 0.29) is 19.1 Å². The van der Waals surface area contributed by atoms with Crippen LogP contribution in [0.2, 0.25) is 0 Å². The van der Waals surface area contributed by atoms with Crippen molar-refractivity contribution in [2.45, 2.75) is 32.6 Å². The zero-order valence-corrected chi connectivity index (χ0v) is 15.3. The molecule has 0 spiro atoms. The number of carbonyl (C=O) groups is 1. The van der Waals surface area contributed by atoms with Gasteiger partial charge in [0.1, 0.15) is 17.1 Å². The van der Waals surface area contributed by atoms with E-state index in [1.807, 2.05) is 0 Å². The summed E-state index contributed by atoms with van der Waals surface area (Å²) >= 11 is 0. The van der Waals surface area contributed by atoms with Crippen LogP contribution in [0.5, 0.6) is 11.5 Å². The maximum Gasteiger partial charge on any atom is 0.342 e. The first-order chi connectivity index (χ1) is 12.2. The molecule has 0 aromatic heterocycles. The van der Waals surface area contributed by atoms with Crippen molar-refractivity contribution in [3.05, 3.63) is 23.3 Å². The fourth-order valence-corrected chi connectivity index (χ4v) is 2.07. The molecule has 0 heterocycles. The van der Waals surface area contributed by atoms with Gasteiger partial charge in [-0.25, -0.2) is 4.79 Å². The smallest absolute Gasteiger partial charge is 0.342 e. The number of hydrogen-bond acceptors (Lipinski definition) is 6. The second-order valence-corrected chi connectivity index (χ2v) is 5.20. The summed E-state index contributed by atoms with van der Waals surface area (Å²) < 4.78 is 25.7. The predicted molar refractivity (Wildman–Crippen MR) is 93.8 cm³/mol. The SMILES string of the molecule is CCCCCC#Cc1cc(OCOC)cc(OCOC)c1C(=O)OC. The molecule has 0 bridgehead atoms. The maximum absolute atomic E-state index is 12.2. The Balaban J connectivity index is 3.22. The Hall–Kier alpha value is -2.23. The van der Waals surface area contributed by atoms with E-state index in [1.54, 1.807) is 12.1 Å². The van der Waals surface area contributed by atoms with Crippen LogP contribution in [0.1, 0.15) is 48.5 Å². The molecule has 0 saturated carbocycles. The summed E-state index contributed by atoms with van der Waals surface area (Å²) in [7, 11) is 4.34. The van der Waals surface area contributed by atoms with Crippen molar-refractivity contribution in [3.8, 4) is 23.3 Å². The number of carbonyl (C=O) groups excluding carboxylic acids is 1. The van der Waals surface area contributed by atoms with E-state index < -0.39 is 5.97 Å². The highest BCUT2D eigenvalue weighted by Crippen LogP contribution is 2.29. The molecule has 1 rings (SSSR count). The first kappa shape index (κ1) is 20.8. The molecule has 6 heteroatoms. The molecule has 0 N–H and O–H groups in total. The van der Waals surface area contributed by atoms with Crippen LogP contribution in [0, 0.1) is 11.8 Å². The Bertz CT molecular complexity index is 600. The molecule has 0 saturated heterocycles. The van der Waals surface area contributed by atoms with Gasteiger partial charge in [0.15, 0.2) is 13.6 Å². The van der Waals surface area contributed by atoms with E-state index in [4.69, 9.17) is 23.7 Å². The summed E-state index contributed by atoms with van der Waals surface area (Å²) in [6.45, 7) is 2.20. The van der Waals surface area contributed by atoms with E-state index in [0.717, 1.165) is 25.7 Å². The molecule has 0 aliphatic carbocycles. The summed E-state index contributed by atoms with van der Waals surface area (Å²) in [6.07, 6.45) is 4.03. The number of esters is 1. The average Bonchev–Trinajstić information content (AvgIpc) is 2.63. The Kier molecular flexibility index (Phi) is 10.1. The highest BCUT2D eigenvalue weighted by atomic mass is 16.7. The van der Waals surface area contributed by atoms with Crippen molar-refractivity contribution < 1.29 is 28.5 Å². The molecule has 138 valence electrons. The van der Waals surface area contributed by atoms with Gasteiger partial charge in [0.2, 0.25) is 0 Å². The second-order valence-electron chi connectivity index (χ2n) is 5.20. The summed E-state index contributed by atoms with van der Waals surface area (Å²) in [4.78, 5) is 12.2. The summed E-state index contributed by atoms with van der Waals surface area (Å²) in [5.74, 6) is 6.37. The number of ether oxygens (including phenoxy) is 5. The van der Waals surface area contributed by atoms with E-state index in [9.17, 15) is 4.79 Å². The van der Waals surface area contributed by atoms with Gasteiger partial charge in [-0.3, -0.25) is 0 Å². The van der Waals surface area contributed by atoms with Crippen molar-refractivity contribution in [2.24, 2.45) is 0 Å². The van der Waals surface area contributed by atoms with Crippen molar-refractivity contribution in [3.63, 3.8) is 0 Å². The third kappa shape index (κ3) is 7.04.